The number of ether oxygens (including phenoxy) is 1. The third-order valence-corrected chi connectivity index (χ3v) is 4.30. The van der Waals surface area contributed by atoms with E-state index in [4.69, 9.17) is 10.5 Å². The average Bonchev–Trinajstić information content (AvgIpc) is 3.21. The second-order valence-corrected chi connectivity index (χ2v) is 6.28. The highest BCUT2D eigenvalue weighted by atomic mass is 19.4. The number of primary amides is 1. The lowest BCUT2D eigenvalue weighted by Gasteiger charge is -2.15. The molecule has 1 fully saturated rings. The minimum atomic E-state index is -4.46. The van der Waals surface area contributed by atoms with Crippen molar-refractivity contribution in [3.05, 3.63) is 47.0 Å². The zero-order valence-corrected chi connectivity index (χ0v) is 14.7. The average molecular weight is 414 g/mol. The third kappa shape index (κ3) is 4.29. The van der Waals surface area contributed by atoms with Crippen molar-refractivity contribution in [2.24, 2.45) is 5.73 Å². The smallest absolute Gasteiger partial charge is 0.394 e. The first kappa shape index (κ1) is 20.9. The maximum atomic E-state index is 12.6. The fourth-order valence-corrected chi connectivity index (χ4v) is 2.78. The summed E-state index contributed by atoms with van der Waals surface area (Å²) in [6, 6.07) is 4.29. The van der Waals surface area contributed by atoms with Crippen molar-refractivity contribution in [3.8, 4) is 0 Å². The van der Waals surface area contributed by atoms with Gasteiger partial charge >= 0.3 is 6.18 Å². The lowest BCUT2D eigenvalue weighted by atomic mass is 10.1. The second-order valence-electron chi connectivity index (χ2n) is 6.28. The van der Waals surface area contributed by atoms with E-state index in [0.29, 0.717) is 5.56 Å². The summed E-state index contributed by atoms with van der Waals surface area (Å²) in [5, 5.41) is 33.1. The molecule has 1 aliphatic rings. The van der Waals surface area contributed by atoms with E-state index < -0.39 is 54.6 Å². The van der Waals surface area contributed by atoms with Gasteiger partial charge in [-0.15, -0.1) is 5.10 Å². The van der Waals surface area contributed by atoms with Gasteiger partial charge in [0.1, 0.15) is 18.3 Å². The van der Waals surface area contributed by atoms with Crippen molar-refractivity contribution in [1.82, 2.24) is 14.8 Å². The van der Waals surface area contributed by atoms with E-state index in [9.17, 15) is 33.3 Å². The van der Waals surface area contributed by atoms with Crippen molar-refractivity contribution in [3.63, 3.8) is 0 Å². The van der Waals surface area contributed by atoms with E-state index in [1.807, 2.05) is 0 Å². The van der Waals surface area contributed by atoms with Crippen LogP contribution in [0.25, 0.3) is 12.2 Å². The van der Waals surface area contributed by atoms with Gasteiger partial charge in [0, 0.05) is 0 Å². The first-order valence-corrected chi connectivity index (χ1v) is 8.36. The highest BCUT2D eigenvalue weighted by Crippen LogP contribution is 2.31. The van der Waals surface area contributed by atoms with E-state index >= 15 is 0 Å². The fraction of sp³-hybridized carbons (Fsp3) is 0.353. The molecule has 2 heterocycles. The molecule has 9 nitrogen and oxygen atoms in total. The second kappa shape index (κ2) is 7.91. The number of hydrogen-bond acceptors (Lipinski definition) is 7. The molecule has 1 aromatic heterocycles. The molecule has 0 aliphatic carbocycles. The summed E-state index contributed by atoms with van der Waals surface area (Å²) in [6.45, 7) is -0.567. The van der Waals surface area contributed by atoms with Gasteiger partial charge in [0.25, 0.3) is 5.91 Å². The molecule has 1 saturated heterocycles. The largest absolute Gasteiger partial charge is 0.416 e. The standard InChI is InChI=1S/C17H17F3N4O5/c18-17(19,20)9-4-1-8(2-5-9)3-6-11-22-15(14(21)28)23-24(11)16-13(27)12(26)10(7-25)29-16/h1-6,10,12-13,16,25-27H,7H2,(H2,21,28)/b6-3-/t10-,12-,13-,16-/m1/s1. The zero-order valence-electron chi connectivity index (χ0n) is 14.7. The Balaban J connectivity index is 1.91. The molecule has 1 amide bonds. The van der Waals surface area contributed by atoms with E-state index in [2.05, 4.69) is 10.1 Å². The topological polar surface area (TPSA) is 144 Å². The molecule has 2 aromatic rings. The zero-order chi connectivity index (χ0) is 21.3. The highest BCUT2D eigenvalue weighted by molar-refractivity contribution is 5.89. The number of rotatable bonds is 5. The summed E-state index contributed by atoms with van der Waals surface area (Å²) >= 11 is 0. The van der Waals surface area contributed by atoms with Crippen LogP contribution in [0.3, 0.4) is 0 Å². The van der Waals surface area contributed by atoms with Crippen LogP contribution in [0.4, 0.5) is 13.2 Å². The number of amides is 1. The van der Waals surface area contributed by atoms with Gasteiger partial charge in [-0.2, -0.15) is 13.2 Å². The Bertz CT molecular complexity index is 913. The van der Waals surface area contributed by atoms with Crippen LogP contribution in [0.5, 0.6) is 0 Å². The van der Waals surface area contributed by atoms with Gasteiger partial charge in [0.2, 0.25) is 5.82 Å². The Kier molecular flexibility index (Phi) is 5.71. The summed E-state index contributed by atoms with van der Waals surface area (Å²) in [7, 11) is 0. The summed E-state index contributed by atoms with van der Waals surface area (Å²) < 4.78 is 44.3. The minimum Gasteiger partial charge on any atom is -0.394 e. The molecule has 12 heteroatoms. The van der Waals surface area contributed by atoms with Gasteiger partial charge in [-0.3, -0.25) is 4.79 Å². The number of carbonyl (C=O) groups excluding carboxylic acids is 1. The van der Waals surface area contributed by atoms with Crippen LogP contribution in [-0.4, -0.2) is 60.9 Å². The number of carbonyl (C=O) groups is 1. The van der Waals surface area contributed by atoms with Crippen LogP contribution in [0.2, 0.25) is 0 Å². The van der Waals surface area contributed by atoms with E-state index in [1.54, 1.807) is 0 Å². The molecular weight excluding hydrogens is 397 g/mol. The van der Waals surface area contributed by atoms with E-state index in [-0.39, 0.29) is 5.82 Å². The fourth-order valence-electron chi connectivity index (χ4n) is 2.78. The molecule has 29 heavy (non-hydrogen) atoms. The Labute approximate surface area is 161 Å². The molecule has 0 radical (unpaired) electrons. The van der Waals surface area contributed by atoms with Crippen molar-refractivity contribution >= 4 is 18.1 Å². The van der Waals surface area contributed by atoms with Crippen LogP contribution >= 0.6 is 0 Å². The summed E-state index contributed by atoms with van der Waals surface area (Å²) in [5.74, 6) is -1.36. The molecule has 1 aliphatic heterocycles. The quantitative estimate of drug-likeness (QED) is 0.546. The first-order chi connectivity index (χ1) is 13.6. The van der Waals surface area contributed by atoms with Gasteiger partial charge in [0.15, 0.2) is 12.1 Å². The predicted molar refractivity (Wildman–Crippen MR) is 91.9 cm³/mol. The van der Waals surface area contributed by atoms with Crippen LogP contribution < -0.4 is 5.73 Å². The van der Waals surface area contributed by atoms with Crippen molar-refractivity contribution in [2.45, 2.75) is 30.7 Å². The summed E-state index contributed by atoms with van der Waals surface area (Å²) in [4.78, 5) is 15.3. The lowest BCUT2D eigenvalue weighted by molar-refractivity contribution is -0.137. The Morgan fingerprint density at radius 1 is 1.21 bits per heavy atom. The summed E-state index contributed by atoms with van der Waals surface area (Å²) in [5.41, 5.74) is 4.77. The van der Waals surface area contributed by atoms with Crippen LogP contribution in [-0.2, 0) is 10.9 Å². The number of aliphatic hydroxyl groups excluding tert-OH is 3. The summed E-state index contributed by atoms with van der Waals surface area (Å²) in [6.07, 6.45) is -6.95. The van der Waals surface area contributed by atoms with E-state index in [0.717, 1.165) is 16.8 Å². The lowest BCUT2D eigenvalue weighted by Crippen LogP contribution is -2.33. The van der Waals surface area contributed by atoms with Gasteiger partial charge in [-0.1, -0.05) is 18.2 Å². The minimum absolute atomic E-state index is 0.00598. The Hall–Kier alpha value is -2.80. The number of aliphatic hydroxyl groups is 3. The number of nitrogens with two attached hydrogens (primary N) is 1. The van der Waals surface area contributed by atoms with Crippen LogP contribution in [0.1, 0.15) is 33.8 Å². The maximum Gasteiger partial charge on any atom is 0.416 e. The number of aromatic nitrogens is 3. The van der Waals surface area contributed by atoms with Gasteiger partial charge in [0.05, 0.1) is 12.2 Å². The maximum absolute atomic E-state index is 12.6. The number of nitrogens with zero attached hydrogens (tertiary/aromatic N) is 3. The molecule has 3 rings (SSSR count). The SMILES string of the molecule is NC(=O)c1nc(/C=C\c2ccc(C(F)(F)F)cc2)n([C@@H]2O[C@H](CO)[C@@H](O)[C@H]2O)n1. The van der Waals surface area contributed by atoms with E-state index in [1.165, 1.54) is 24.3 Å². The monoisotopic (exact) mass is 414 g/mol. The molecule has 4 atom stereocenters. The molecular formula is C17H17F3N4O5. The highest BCUT2D eigenvalue weighted by Gasteiger charge is 2.44. The van der Waals surface area contributed by atoms with Crippen molar-refractivity contribution in [1.29, 1.82) is 0 Å². The van der Waals surface area contributed by atoms with Gasteiger partial charge < -0.3 is 25.8 Å². The van der Waals surface area contributed by atoms with Crippen molar-refractivity contribution < 1.29 is 38.0 Å². The molecule has 0 unspecified atom stereocenters. The van der Waals surface area contributed by atoms with Crippen LogP contribution in [0.15, 0.2) is 24.3 Å². The molecule has 0 bridgehead atoms. The van der Waals surface area contributed by atoms with Gasteiger partial charge in [-0.05, 0) is 23.8 Å². The number of halogens is 3. The van der Waals surface area contributed by atoms with Crippen molar-refractivity contribution in [2.75, 3.05) is 6.61 Å². The predicted octanol–water partition coefficient (Wildman–Crippen LogP) is 0.178. The number of benzene rings is 1. The Morgan fingerprint density at radius 2 is 1.86 bits per heavy atom. The molecule has 0 saturated carbocycles. The number of hydrogen-bond donors (Lipinski definition) is 4. The molecule has 156 valence electrons. The Morgan fingerprint density at radius 3 is 2.38 bits per heavy atom. The molecule has 0 spiro atoms. The third-order valence-electron chi connectivity index (χ3n) is 4.30. The molecule has 5 N–H and O–H groups in total. The number of alkyl halides is 3. The normalized spacial score (nSPS) is 25.0. The van der Waals surface area contributed by atoms with Crippen LogP contribution in [0, 0.1) is 0 Å². The first-order valence-electron chi connectivity index (χ1n) is 8.36. The molecule has 1 aromatic carbocycles. The van der Waals surface area contributed by atoms with Gasteiger partial charge in [-0.25, -0.2) is 9.67 Å².